The molecule has 242 valence electrons. The molecule has 0 saturated carbocycles. The summed E-state index contributed by atoms with van der Waals surface area (Å²) in [6.07, 6.45) is 4.39. The summed E-state index contributed by atoms with van der Waals surface area (Å²) >= 11 is 0. The number of hydrogen-bond acceptors (Lipinski definition) is 1. The van der Waals surface area contributed by atoms with Crippen LogP contribution in [0.1, 0.15) is 11.1 Å². The lowest BCUT2D eigenvalue weighted by Crippen LogP contribution is -2.11. The fourth-order valence-electron chi connectivity index (χ4n) is 6.59. The quantitative estimate of drug-likeness (QED) is 0.140. The highest BCUT2D eigenvalue weighted by Crippen LogP contribution is 2.39. The summed E-state index contributed by atoms with van der Waals surface area (Å²) in [6, 6.07) is 75.6. The van der Waals surface area contributed by atoms with Crippen molar-refractivity contribution in [3.05, 3.63) is 223 Å². The molecular weight excluding hydrogens is 615 g/mol. The van der Waals surface area contributed by atoms with Gasteiger partial charge in [-0.05, 0) is 86.0 Å². The van der Waals surface area contributed by atoms with Crippen LogP contribution in [-0.4, -0.2) is 0 Å². The molecule has 0 fully saturated rings. The molecule has 0 spiro atoms. The summed E-state index contributed by atoms with van der Waals surface area (Å²) in [6.45, 7) is 0. The maximum Gasteiger partial charge on any atom is 0.0533 e. The van der Waals surface area contributed by atoms with Gasteiger partial charge in [0.05, 0.1) is 5.69 Å². The summed E-state index contributed by atoms with van der Waals surface area (Å²) in [5.41, 5.74) is 15.3. The van der Waals surface area contributed by atoms with E-state index in [0.717, 1.165) is 22.6 Å². The minimum absolute atomic E-state index is 1.10. The molecule has 8 rings (SSSR count). The van der Waals surface area contributed by atoms with Crippen molar-refractivity contribution < 1.29 is 0 Å². The molecule has 1 nitrogen and oxygen atoms in total. The Kier molecular flexibility index (Phi) is 9.17. The largest absolute Gasteiger partial charge is 0.310 e. The number of benzene rings is 8. The van der Waals surface area contributed by atoms with Crippen molar-refractivity contribution in [2.24, 2.45) is 0 Å². The van der Waals surface area contributed by atoms with Gasteiger partial charge in [-0.2, -0.15) is 0 Å². The van der Waals surface area contributed by atoms with E-state index < -0.39 is 0 Å². The van der Waals surface area contributed by atoms with E-state index in [0.29, 0.717) is 0 Å². The van der Waals surface area contributed by atoms with Gasteiger partial charge in [0.2, 0.25) is 0 Å². The molecule has 0 aliphatic carbocycles. The molecule has 51 heavy (non-hydrogen) atoms. The minimum Gasteiger partial charge on any atom is -0.310 e. The summed E-state index contributed by atoms with van der Waals surface area (Å²) < 4.78 is 0. The van der Waals surface area contributed by atoms with Crippen LogP contribution in [0, 0.1) is 0 Å². The van der Waals surface area contributed by atoms with Gasteiger partial charge in [0.25, 0.3) is 0 Å². The van der Waals surface area contributed by atoms with Crippen LogP contribution in [0.5, 0.6) is 0 Å². The van der Waals surface area contributed by atoms with Gasteiger partial charge in [-0.25, -0.2) is 0 Å². The second-order valence-electron chi connectivity index (χ2n) is 12.6. The van der Waals surface area contributed by atoms with E-state index in [1.54, 1.807) is 0 Å². The molecule has 0 N–H and O–H groups in total. The standard InChI is InChI=1S/C50H37N/c1-4-12-38(13-5-1)20-21-47-18-10-11-19-50(47)51(48-34-30-45(31-35-48)43-26-22-41(23-27-43)39-14-6-2-7-15-39)49-36-32-46(33-37-49)44-28-24-42(25-29-44)40-16-8-3-9-17-40/h1-37H. The van der Waals surface area contributed by atoms with E-state index in [9.17, 15) is 0 Å². The zero-order chi connectivity index (χ0) is 34.2. The van der Waals surface area contributed by atoms with E-state index in [4.69, 9.17) is 0 Å². The number of hydrogen-bond donors (Lipinski definition) is 0. The van der Waals surface area contributed by atoms with E-state index >= 15 is 0 Å². The summed E-state index contributed by atoms with van der Waals surface area (Å²) in [7, 11) is 0. The van der Waals surface area contributed by atoms with Gasteiger partial charge in [0, 0.05) is 11.4 Å². The highest BCUT2D eigenvalue weighted by atomic mass is 15.1. The third-order valence-corrected chi connectivity index (χ3v) is 9.33. The average molecular weight is 652 g/mol. The smallest absolute Gasteiger partial charge is 0.0533 e. The molecule has 0 bridgehead atoms. The highest BCUT2D eigenvalue weighted by Gasteiger charge is 2.16. The van der Waals surface area contributed by atoms with Gasteiger partial charge in [0.15, 0.2) is 0 Å². The van der Waals surface area contributed by atoms with Gasteiger partial charge >= 0.3 is 0 Å². The molecular formula is C50H37N. The SMILES string of the molecule is C(=Cc1ccccc1N(c1ccc(-c2ccc(-c3ccccc3)cc2)cc1)c1ccc(-c2ccc(-c3ccccc3)cc2)cc1)c1ccccc1. The third kappa shape index (κ3) is 7.20. The van der Waals surface area contributed by atoms with Crippen molar-refractivity contribution >= 4 is 29.2 Å². The van der Waals surface area contributed by atoms with Crippen molar-refractivity contribution in [3.63, 3.8) is 0 Å². The first-order valence-electron chi connectivity index (χ1n) is 17.4. The molecule has 0 aromatic heterocycles. The van der Waals surface area contributed by atoms with Crippen LogP contribution in [0.15, 0.2) is 212 Å². The minimum atomic E-state index is 1.10. The molecule has 1 heteroatoms. The van der Waals surface area contributed by atoms with Gasteiger partial charge < -0.3 is 4.90 Å². The maximum atomic E-state index is 2.36. The first kappa shape index (κ1) is 31.6. The van der Waals surface area contributed by atoms with Gasteiger partial charge in [-0.3, -0.25) is 0 Å². The van der Waals surface area contributed by atoms with Crippen LogP contribution < -0.4 is 4.90 Å². The Labute approximate surface area is 301 Å². The maximum absolute atomic E-state index is 2.36. The lowest BCUT2D eigenvalue weighted by molar-refractivity contribution is 1.28. The topological polar surface area (TPSA) is 3.24 Å². The number of anilines is 3. The molecule has 0 heterocycles. The Bertz CT molecular complexity index is 2210. The molecule has 8 aromatic rings. The highest BCUT2D eigenvalue weighted by molar-refractivity contribution is 5.87. The monoisotopic (exact) mass is 651 g/mol. The second-order valence-corrected chi connectivity index (χ2v) is 12.6. The number of rotatable bonds is 9. The van der Waals surface area contributed by atoms with Crippen LogP contribution in [0.3, 0.4) is 0 Å². The Morgan fingerprint density at radius 2 is 0.569 bits per heavy atom. The van der Waals surface area contributed by atoms with Crippen molar-refractivity contribution in [2.75, 3.05) is 4.90 Å². The van der Waals surface area contributed by atoms with E-state index in [1.807, 2.05) is 0 Å². The third-order valence-electron chi connectivity index (χ3n) is 9.33. The molecule has 0 atom stereocenters. The van der Waals surface area contributed by atoms with Crippen molar-refractivity contribution in [2.45, 2.75) is 0 Å². The lowest BCUT2D eigenvalue weighted by Gasteiger charge is -2.27. The first-order chi connectivity index (χ1) is 25.3. The van der Waals surface area contributed by atoms with Crippen LogP contribution in [-0.2, 0) is 0 Å². The summed E-state index contributed by atoms with van der Waals surface area (Å²) in [5.74, 6) is 0. The first-order valence-corrected chi connectivity index (χ1v) is 17.4. The number of para-hydroxylation sites is 1. The fourth-order valence-corrected chi connectivity index (χ4v) is 6.59. The molecule has 0 aliphatic rings. The van der Waals surface area contributed by atoms with E-state index in [2.05, 4.69) is 229 Å². The fraction of sp³-hybridized carbons (Fsp3) is 0. The van der Waals surface area contributed by atoms with Gasteiger partial charge in [0.1, 0.15) is 0 Å². The molecule has 8 aromatic carbocycles. The Morgan fingerprint density at radius 3 is 0.980 bits per heavy atom. The number of nitrogens with zero attached hydrogens (tertiary/aromatic N) is 1. The molecule has 0 aliphatic heterocycles. The van der Waals surface area contributed by atoms with Crippen molar-refractivity contribution in [1.29, 1.82) is 0 Å². The van der Waals surface area contributed by atoms with E-state index in [-0.39, 0.29) is 0 Å². The summed E-state index contributed by atoms with van der Waals surface area (Å²) in [5, 5.41) is 0. The lowest BCUT2D eigenvalue weighted by atomic mass is 9.99. The molecule has 0 saturated heterocycles. The van der Waals surface area contributed by atoms with E-state index in [1.165, 1.54) is 50.1 Å². The average Bonchev–Trinajstić information content (AvgIpc) is 3.22. The Balaban J connectivity index is 1.13. The zero-order valence-corrected chi connectivity index (χ0v) is 28.3. The van der Waals surface area contributed by atoms with Crippen LogP contribution in [0.25, 0.3) is 56.7 Å². The normalized spacial score (nSPS) is 11.1. The van der Waals surface area contributed by atoms with Gasteiger partial charge in [-0.15, -0.1) is 0 Å². The van der Waals surface area contributed by atoms with Crippen molar-refractivity contribution in [1.82, 2.24) is 0 Å². The Hall–Kier alpha value is -6.70. The molecule has 0 amide bonds. The predicted molar refractivity (Wildman–Crippen MR) is 218 cm³/mol. The molecule has 0 unspecified atom stereocenters. The molecule has 0 radical (unpaired) electrons. The zero-order valence-electron chi connectivity index (χ0n) is 28.3. The predicted octanol–water partition coefficient (Wildman–Crippen LogP) is 14.0. The van der Waals surface area contributed by atoms with Crippen LogP contribution in [0.4, 0.5) is 17.1 Å². The van der Waals surface area contributed by atoms with Crippen LogP contribution in [0.2, 0.25) is 0 Å². The van der Waals surface area contributed by atoms with Gasteiger partial charge in [-0.1, -0.05) is 194 Å². The summed E-state index contributed by atoms with van der Waals surface area (Å²) in [4.78, 5) is 2.36. The van der Waals surface area contributed by atoms with Crippen molar-refractivity contribution in [3.8, 4) is 44.5 Å². The Morgan fingerprint density at radius 1 is 0.255 bits per heavy atom. The second kappa shape index (κ2) is 14.8. The van der Waals surface area contributed by atoms with Crippen LogP contribution >= 0.6 is 0 Å².